The summed E-state index contributed by atoms with van der Waals surface area (Å²) in [4.78, 5) is 10.7. The number of hydrogen-bond donors (Lipinski definition) is 1. The van der Waals surface area contributed by atoms with E-state index in [1.807, 2.05) is 19.1 Å². The molecule has 58 valence electrons. The van der Waals surface area contributed by atoms with Crippen LogP contribution in [0.15, 0.2) is 18.2 Å². The van der Waals surface area contributed by atoms with Gasteiger partial charge in [0, 0.05) is 0 Å². The summed E-state index contributed by atoms with van der Waals surface area (Å²) in [5, 5.41) is 0. The van der Waals surface area contributed by atoms with Crippen LogP contribution in [0.4, 0.5) is 0 Å². The van der Waals surface area contributed by atoms with Gasteiger partial charge in [-0.3, -0.25) is 0 Å². The minimum absolute atomic E-state index is 0.358. The SMILES string of the molecule is Cc1ccc(C(N)=O)cc1[AsH2]. The number of carbonyl (C=O) groups is 1. The molecule has 0 fully saturated rings. The first-order valence-electron chi connectivity index (χ1n) is 3.27. The van der Waals surface area contributed by atoms with Gasteiger partial charge >= 0.3 is 73.9 Å². The topological polar surface area (TPSA) is 43.1 Å². The van der Waals surface area contributed by atoms with Crippen molar-refractivity contribution in [1.29, 1.82) is 0 Å². The summed E-state index contributed by atoms with van der Waals surface area (Å²) in [7, 11) is 0. The van der Waals surface area contributed by atoms with Crippen molar-refractivity contribution in [1.82, 2.24) is 0 Å². The molecule has 1 amide bonds. The van der Waals surface area contributed by atoms with Crippen LogP contribution in [0.1, 0.15) is 15.9 Å². The second kappa shape index (κ2) is 3.10. The Morgan fingerprint density at radius 1 is 1.55 bits per heavy atom. The number of hydrogen-bond acceptors (Lipinski definition) is 1. The summed E-state index contributed by atoms with van der Waals surface area (Å²) >= 11 is 1.51. The zero-order valence-corrected chi connectivity index (χ0v) is 8.72. The summed E-state index contributed by atoms with van der Waals surface area (Å²) in [6.07, 6.45) is 0. The summed E-state index contributed by atoms with van der Waals surface area (Å²) in [6.45, 7) is 2.02. The normalized spacial score (nSPS) is 9.64. The standard InChI is InChI=1S/C8H10AsNO/c1-5-2-3-6(8(10)11)4-7(5)9/h2-4H,9H2,1H3,(H2,10,11). The Kier molecular flexibility index (Phi) is 2.35. The van der Waals surface area contributed by atoms with Gasteiger partial charge in [-0.15, -0.1) is 0 Å². The molecule has 0 aliphatic carbocycles. The zero-order chi connectivity index (χ0) is 8.43. The average Bonchev–Trinajstić information content (AvgIpc) is 1.94. The van der Waals surface area contributed by atoms with Gasteiger partial charge < -0.3 is 0 Å². The number of benzene rings is 1. The van der Waals surface area contributed by atoms with E-state index in [2.05, 4.69) is 0 Å². The van der Waals surface area contributed by atoms with E-state index in [0.29, 0.717) is 5.56 Å². The van der Waals surface area contributed by atoms with Gasteiger partial charge in [-0.25, -0.2) is 0 Å². The fourth-order valence-electron chi connectivity index (χ4n) is 0.794. The second-order valence-electron chi connectivity index (χ2n) is 2.44. The van der Waals surface area contributed by atoms with Gasteiger partial charge in [0.1, 0.15) is 0 Å². The molecule has 2 N–H and O–H groups in total. The molecule has 0 aliphatic heterocycles. The Hall–Kier alpha value is -0.752. The predicted octanol–water partition coefficient (Wildman–Crippen LogP) is -0.648. The molecular weight excluding hydrogens is 201 g/mol. The van der Waals surface area contributed by atoms with Gasteiger partial charge in [0.15, 0.2) is 0 Å². The van der Waals surface area contributed by atoms with Crippen LogP contribution in [0.2, 0.25) is 0 Å². The van der Waals surface area contributed by atoms with E-state index in [9.17, 15) is 4.79 Å². The number of rotatable bonds is 1. The molecule has 0 radical (unpaired) electrons. The summed E-state index contributed by atoms with van der Waals surface area (Å²) in [5.74, 6) is -0.358. The first kappa shape index (κ1) is 8.35. The molecule has 1 rings (SSSR count). The average molecular weight is 211 g/mol. The van der Waals surface area contributed by atoms with E-state index >= 15 is 0 Å². The molecule has 1 unspecified atom stereocenters. The molecule has 2 nitrogen and oxygen atoms in total. The molecule has 0 heterocycles. The quantitative estimate of drug-likeness (QED) is 0.616. The Morgan fingerprint density at radius 2 is 2.18 bits per heavy atom. The van der Waals surface area contributed by atoms with Gasteiger partial charge in [-0.2, -0.15) is 0 Å². The zero-order valence-electron chi connectivity index (χ0n) is 6.29. The molecule has 11 heavy (non-hydrogen) atoms. The van der Waals surface area contributed by atoms with Gasteiger partial charge in [0.05, 0.1) is 0 Å². The van der Waals surface area contributed by atoms with Crippen molar-refractivity contribution < 1.29 is 4.79 Å². The molecule has 1 atom stereocenters. The Balaban J connectivity index is 3.15. The number of aryl methyl sites for hydroxylation is 1. The van der Waals surface area contributed by atoms with Gasteiger partial charge in [0.2, 0.25) is 0 Å². The first-order valence-corrected chi connectivity index (χ1v) is 4.48. The fourth-order valence-corrected chi connectivity index (χ4v) is 1.37. The summed E-state index contributed by atoms with van der Waals surface area (Å²) in [5.41, 5.74) is 6.90. The third-order valence-corrected chi connectivity index (χ3v) is 2.87. The van der Waals surface area contributed by atoms with Crippen molar-refractivity contribution in [2.24, 2.45) is 5.73 Å². The van der Waals surface area contributed by atoms with Gasteiger partial charge in [-0.1, -0.05) is 0 Å². The van der Waals surface area contributed by atoms with Crippen LogP contribution < -0.4 is 10.1 Å². The van der Waals surface area contributed by atoms with Crippen molar-refractivity contribution in [2.45, 2.75) is 6.92 Å². The Labute approximate surface area is 74.3 Å². The van der Waals surface area contributed by atoms with Crippen LogP contribution in [0.25, 0.3) is 0 Å². The van der Waals surface area contributed by atoms with Crippen LogP contribution >= 0.6 is 0 Å². The third-order valence-electron chi connectivity index (χ3n) is 1.56. The van der Waals surface area contributed by atoms with E-state index in [0.717, 1.165) is 4.35 Å². The molecule has 3 heteroatoms. The van der Waals surface area contributed by atoms with Crippen molar-refractivity contribution in [3.05, 3.63) is 29.3 Å². The van der Waals surface area contributed by atoms with Gasteiger partial charge in [0.25, 0.3) is 0 Å². The molecule has 0 bridgehead atoms. The number of carbonyl (C=O) groups excluding carboxylic acids is 1. The number of nitrogens with two attached hydrogens (primary N) is 1. The summed E-state index contributed by atoms with van der Waals surface area (Å²) < 4.78 is 1.16. The van der Waals surface area contributed by atoms with E-state index in [1.54, 1.807) is 6.07 Å². The maximum atomic E-state index is 10.7. The van der Waals surface area contributed by atoms with Crippen LogP contribution in [-0.2, 0) is 0 Å². The third kappa shape index (κ3) is 1.84. The predicted molar refractivity (Wildman–Crippen MR) is 47.9 cm³/mol. The van der Waals surface area contributed by atoms with E-state index in [1.165, 1.54) is 22.4 Å². The molecule has 0 aliphatic rings. The Bertz CT molecular complexity index is 296. The van der Waals surface area contributed by atoms with Crippen molar-refractivity contribution in [3.63, 3.8) is 0 Å². The molecule has 1 aromatic carbocycles. The second-order valence-corrected chi connectivity index (χ2v) is 3.74. The Morgan fingerprint density at radius 3 is 2.64 bits per heavy atom. The molecule has 0 spiro atoms. The molecular formula is C8H10AsNO. The molecule has 1 aromatic rings. The van der Waals surface area contributed by atoms with Gasteiger partial charge in [-0.05, 0) is 0 Å². The molecule has 0 aromatic heterocycles. The van der Waals surface area contributed by atoms with E-state index in [4.69, 9.17) is 5.73 Å². The van der Waals surface area contributed by atoms with Crippen molar-refractivity contribution in [3.8, 4) is 0 Å². The monoisotopic (exact) mass is 211 g/mol. The van der Waals surface area contributed by atoms with Crippen LogP contribution in [-0.4, -0.2) is 22.8 Å². The minimum atomic E-state index is -0.358. The van der Waals surface area contributed by atoms with E-state index in [-0.39, 0.29) is 5.91 Å². The number of primary amides is 1. The van der Waals surface area contributed by atoms with E-state index < -0.39 is 0 Å². The van der Waals surface area contributed by atoms with Crippen LogP contribution in [0.5, 0.6) is 0 Å². The molecule has 0 saturated carbocycles. The molecule has 0 saturated heterocycles. The maximum absolute atomic E-state index is 10.7. The van der Waals surface area contributed by atoms with Crippen LogP contribution in [0, 0.1) is 6.92 Å². The first-order chi connectivity index (χ1) is 5.11. The number of amides is 1. The fraction of sp³-hybridized carbons (Fsp3) is 0.125. The summed E-state index contributed by atoms with van der Waals surface area (Å²) in [6, 6.07) is 5.50. The van der Waals surface area contributed by atoms with Crippen molar-refractivity contribution in [2.75, 3.05) is 0 Å². The van der Waals surface area contributed by atoms with Crippen LogP contribution in [0.3, 0.4) is 0 Å². The van der Waals surface area contributed by atoms with Crippen molar-refractivity contribution >= 4 is 27.1 Å².